The standard InChI is InChI=1S/C22H21NO4S.C19H21NO4S/c1-2-26-19-9-6-10-20-21(19)17-12-11-15(14-28(23,24)25)13-18(17)22(27-20)16-7-4-3-5-8-16;1-3-6-16-15-11-13(12-25(20,21)22)9-10-14(15)19-17(23-4-2)7-5-8-18(19)24-16/h3-13,22H,2,14H2,1H3,(H2,23,24,25);3,5,7-11,16H,1,4,6,12H2,2H3,(H2,20,21,22). The van der Waals surface area contributed by atoms with Crippen LogP contribution >= 0.6 is 0 Å². The Kier molecular flexibility index (Phi) is 11.2. The highest BCUT2D eigenvalue weighted by Crippen LogP contribution is 2.50. The molecule has 0 radical (unpaired) electrons. The van der Waals surface area contributed by atoms with Gasteiger partial charge in [0.25, 0.3) is 0 Å². The number of hydrogen-bond donors (Lipinski definition) is 2. The molecule has 5 aromatic rings. The fraction of sp³-hybridized carbons (Fsp3) is 0.220. The molecule has 0 bridgehead atoms. The molecule has 4 N–H and O–H groups in total. The molecule has 0 spiro atoms. The maximum Gasteiger partial charge on any atom is 0.213 e. The summed E-state index contributed by atoms with van der Waals surface area (Å²) in [5, 5.41) is 10.4. The van der Waals surface area contributed by atoms with E-state index in [4.69, 9.17) is 29.2 Å². The summed E-state index contributed by atoms with van der Waals surface area (Å²) in [4.78, 5) is 0. The Morgan fingerprint density at radius 3 is 1.68 bits per heavy atom. The van der Waals surface area contributed by atoms with Crippen LogP contribution in [0, 0.1) is 0 Å². The van der Waals surface area contributed by atoms with E-state index in [-0.39, 0.29) is 23.7 Å². The summed E-state index contributed by atoms with van der Waals surface area (Å²) in [7, 11) is -7.23. The molecule has 5 aromatic carbocycles. The highest BCUT2D eigenvalue weighted by Gasteiger charge is 2.31. The molecule has 276 valence electrons. The summed E-state index contributed by atoms with van der Waals surface area (Å²) in [5.74, 6) is 2.56. The molecule has 2 aliphatic heterocycles. The van der Waals surface area contributed by atoms with Gasteiger partial charge in [-0.05, 0) is 65.9 Å². The first kappa shape index (κ1) is 37.6. The summed E-state index contributed by atoms with van der Waals surface area (Å²) < 4.78 is 70.1. The zero-order valence-corrected chi connectivity index (χ0v) is 31.2. The second-order valence-electron chi connectivity index (χ2n) is 12.6. The average molecular weight is 755 g/mol. The average Bonchev–Trinajstić information content (AvgIpc) is 3.11. The van der Waals surface area contributed by atoms with Crippen molar-refractivity contribution >= 4 is 20.0 Å². The normalized spacial score (nSPS) is 15.5. The molecule has 0 saturated carbocycles. The third-order valence-electron chi connectivity index (χ3n) is 8.71. The van der Waals surface area contributed by atoms with E-state index in [0.717, 1.165) is 61.9 Å². The van der Waals surface area contributed by atoms with E-state index in [9.17, 15) is 16.8 Å². The molecule has 0 aliphatic carbocycles. The lowest BCUT2D eigenvalue weighted by Crippen LogP contribution is -2.18. The lowest BCUT2D eigenvalue weighted by Gasteiger charge is -2.30. The molecule has 2 aliphatic rings. The first-order chi connectivity index (χ1) is 25.4. The maximum atomic E-state index is 11.6. The Hall–Kier alpha value is -5.14. The smallest absolute Gasteiger partial charge is 0.213 e. The van der Waals surface area contributed by atoms with Crippen molar-refractivity contribution in [2.75, 3.05) is 13.2 Å². The molecule has 7 rings (SSSR count). The number of benzene rings is 5. The SMILES string of the molecule is C=CCC1Oc2cccc(OCC)c2-c2ccc(CS(N)(=O)=O)cc21.CCOc1cccc2c1-c1ccc(CS(N)(=O)=O)cc1C(c1ccccc1)O2. The number of ether oxygens (including phenoxy) is 4. The Bertz CT molecular complexity index is 2350. The van der Waals surface area contributed by atoms with Gasteiger partial charge < -0.3 is 18.9 Å². The molecule has 12 heteroatoms. The topological polar surface area (TPSA) is 157 Å². The minimum atomic E-state index is -3.63. The van der Waals surface area contributed by atoms with Crippen LogP contribution in [0.4, 0.5) is 0 Å². The minimum Gasteiger partial charge on any atom is -0.493 e. The third-order valence-corrected chi connectivity index (χ3v) is 10.2. The summed E-state index contributed by atoms with van der Waals surface area (Å²) >= 11 is 0. The lowest BCUT2D eigenvalue weighted by atomic mass is 9.88. The van der Waals surface area contributed by atoms with Crippen LogP contribution in [0.5, 0.6) is 23.0 Å². The second-order valence-corrected chi connectivity index (χ2v) is 15.9. The minimum absolute atomic E-state index is 0.207. The first-order valence-electron chi connectivity index (χ1n) is 17.2. The van der Waals surface area contributed by atoms with Crippen molar-refractivity contribution in [2.24, 2.45) is 10.3 Å². The number of hydrogen-bond acceptors (Lipinski definition) is 8. The molecular formula is C41H42N2O8S2. The molecule has 53 heavy (non-hydrogen) atoms. The molecule has 0 aromatic heterocycles. The van der Waals surface area contributed by atoms with E-state index < -0.39 is 20.0 Å². The Balaban J connectivity index is 0.000000183. The van der Waals surface area contributed by atoms with Crippen molar-refractivity contribution in [1.82, 2.24) is 0 Å². The predicted octanol–water partition coefficient (Wildman–Crippen LogP) is 7.57. The van der Waals surface area contributed by atoms with Crippen LogP contribution in [0.15, 0.2) is 116 Å². The van der Waals surface area contributed by atoms with Crippen molar-refractivity contribution in [3.8, 4) is 45.3 Å². The Morgan fingerprint density at radius 2 is 1.17 bits per heavy atom. The molecule has 2 atom stereocenters. The van der Waals surface area contributed by atoms with Crippen LogP contribution in [0.3, 0.4) is 0 Å². The van der Waals surface area contributed by atoms with Crippen LogP contribution in [0.1, 0.15) is 60.3 Å². The zero-order valence-electron chi connectivity index (χ0n) is 29.5. The summed E-state index contributed by atoms with van der Waals surface area (Å²) in [6.45, 7) is 8.74. The second kappa shape index (κ2) is 15.8. The van der Waals surface area contributed by atoms with E-state index in [0.29, 0.717) is 30.8 Å². The van der Waals surface area contributed by atoms with Gasteiger partial charge in [0.15, 0.2) is 0 Å². The van der Waals surface area contributed by atoms with Gasteiger partial charge in [0, 0.05) is 17.5 Å². The van der Waals surface area contributed by atoms with E-state index in [1.54, 1.807) is 18.2 Å². The molecule has 10 nitrogen and oxygen atoms in total. The van der Waals surface area contributed by atoms with Gasteiger partial charge in [0.2, 0.25) is 20.0 Å². The van der Waals surface area contributed by atoms with Crippen LogP contribution in [-0.4, -0.2) is 30.0 Å². The van der Waals surface area contributed by atoms with E-state index in [2.05, 4.69) is 6.58 Å². The van der Waals surface area contributed by atoms with Crippen molar-refractivity contribution in [3.63, 3.8) is 0 Å². The van der Waals surface area contributed by atoms with E-state index in [1.807, 2.05) is 105 Å². The van der Waals surface area contributed by atoms with Crippen molar-refractivity contribution in [3.05, 3.63) is 144 Å². The van der Waals surface area contributed by atoms with Crippen LogP contribution in [-0.2, 0) is 31.6 Å². The molecule has 2 unspecified atom stereocenters. The number of sulfonamides is 2. The van der Waals surface area contributed by atoms with Crippen molar-refractivity contribution in [1.29, 1.82) is 0 Å². The molecule has 0 saturated heterocycles. The number of primary sulfonamides is 2. The molecule has 2 heterocycles. The monoisotopic (exact) mass is 754 g/mol. The summed E-state index contributed by atoms with van der Waals surface area (Å²) in [5.41, 5.74) is 7.79. The fourth-order valence-electron chi connectivity index (χ4n) is 6.72. The van der Waals surface area contributed by atoms with Gasteiger partial charge in [0.1, 0.15) is 35.2 Å². The summed E-state index contributed by atoms with van der Waals surface area (Å²) in [6.07, 6.45) is 1.83. The Labute approximate surface area is 311 Å². The number of nitrogens with two attached hydrogens (primary N) is 2. The zero-order chi connectivity index (χ0) is 37.8. The van der Waals surface area contributed by atoms with Crippen molar-refractivity contribution in [2.45, 2.75) is 44.0 Å². The third kappa shape index (κ3) is 8.74. The molecular weight excluding hydrogens is 713 g/mol. The number of rotatable bonds is 11. The molecule has 0 amide bonds. The van der Waals surface area contributed by atoms with Gasteiger partial charge in [-0.25, -0.2) is 27.1 Å². The highest BCUT2D eigenvalue weighted by molar-refractivity contribution is 7.88. The lowest BCUT2D eigenvalue weighted by molar-refractivity contribution is 0.204. The maximum absolute atomic E-state index is 11.6. The van der Waals surface area contributed by atoms with Crippen LogP contribution in [0.25, 0.3) is 22.3 Å². The quantitative estimate of drug-likeness (QED) is 0.131. The van der Waals surface area contributed by atoms with Gasteiger partial charge in [-0.1, -0.05) is 84.9 Å². The van der Waals surface area contributed by atoms with Gasteiger partial charge in [-0.2, -0.15) is 0 Å². The number of fused-ring (bicyclic) bond motifs is 6. The van der Waals surface area contributed by atoms with Gasteiger partial charge in [-0.3, -0.25) is 0 Å². The van der Waals surface area contributed by atoms with Gasteiger partial charge in [0.05, 0.1) is 35.8 Å². The van der Waals surface area contributed by atoms with Gasteiger partial charge in [-0.15, -0.1) is 6.58 Å². The summed E-state index contributed by atoms with van der Waals surface area (Å²) in [6, 6.07) is 32.5. The largest absolute Gasteiger partial charge is 0.493 e. The highest BCUT2D eigenvalue weighted by atomic mass is 32.2. The predicted molar refractivity (Wildman–Crippen MR) is 207 cm³/mol. The van der Waals surface area contributed by atoms with E-state index in [1.165, 1.54) is 0 Å². The first-order valence-corrected chi connectivity index (χ1v) is 20.6. The van der Waals surface area contributed by atoms with Crippen molar-refractivity contribution < 1.29 is 35.8 Å². The molecule has 0 fully saturated rings. The van der Waals surface area contributed by atoms with Crippen LogP contribution < -0.4 is 29.2 Å². The van der Waals surface area contributed by atoms with Crippen LogP contribution in [0.2, 0.25) is 0 Å². The Morgan fingerprint density at radius 1 is 0.660 bits per heavy atom. The van der Waals surface area contributed by atoms with E-state index >= 15 is 0 Å². The fourth-order valence-corrected chi connectivity index (χ4v) is 8.01. The van der Waals surface area contributed by atoms with Gasteiger partial charge >= 0.3 is 0 Å².